The molecule has 3 fully saturated rings. The first kappa shape index (κ1) is 20.0. The summed E-state index contributed by atoms with van der Waals surface area (Å²) in [5.74, 6) is -0.336. The summed E-state index contributed by atoms with van der Waals surface area (Å²) >= 11 is 6.27. The van der Waals surface area contributed by atoms with Crippen molar-refractivity contribution in [3.8, 4) is 0 Å². The van der Waals surface area contributed by atoms with Crippen LogP contribution in [0, 0.1) is 5.92 Å². The lowest BCUT2D eigenvalue weighted by molar-refractivity contribution is -0.140. The van der Waals surface area contributed by atoms with Gasteiger partial charge in [0.25, 0.3) is 5.91 Å². The predicted octanol–water partition coefficient (Wildman–Crippen LogP) is 2.49. The number of carbonyl (C=O) groups is 3. The molecule has 1 aliphatic carbocycles. The van der Waals surface area contributed by atoms with Gasteiger partial charge in [-0.1, -0.05) is 43.5 Å². The average Bonchev–Trinajstić information content (AvgIpc) is 2.96. The van der Waals surface area contributed by atoms with Gasteiger partial charge in [-0.3, -0.25) is 14.5 Å². The molecule has 29 heavy (non-hydrogen) atoms. The predicted molar refractivity (Wildman–Crippen MR) is 111 cm³/mol. The minimum atomic E-state index is -0.821. The van der Waals surface area contributed by atoms with Gasteiger partial charge in [0.05, 0.1) is 10.7 Å². The van der Waals surface area contributed by atoms with E-state index in [1.165, 1.54) is 0 Å². The number of piperazine rings is 1. The molecule has 1 aromatic rings. The number of imide groups is 1. The third-order valence-corrected chi connectivity index (χ3v) is 6.94. The van der Waals surface area contributed by atoms with Gasteiger partial charge < -0.3 is 15.1 Å². The number of para-hydroxylation sites is 1. The minimum Gasteiger partial charge on any atom is -0.367 e. The van der Waals surface area contributed by atoms with Crippen molar-refractivity contribution in [3.63, 3.8) is 0 Å². The monoisotopic (exact) mass is 418 g/mol. The van der Waals surface area contributed by atoms with Crippen molar-refractivity contribution in [1.82, 2.24) is 15.1 Å². The third-order valence-electron chi connectivity index (χ3n) is 6.62. The van der Waals surface area contributed by atoms with E-state index in [-0.39, 0.29) is 24.3 Å². The van der Waals surface area contributed by atoms with E-state index >= 15 is 0 Å². The zero-order chi connectivity index (χ0) is 20.6. The molecular formula is C21H27ClN4O3. The van der Waals surface area contributed by atoms with Crippen molar-refractivity contribution in [1.29, 1.82) is 0 Å². The van der Waals surface area contributed by atoms with Gasteiger partial charge in [0.1, 0.15) is 12.1 Å². The summed E-state index contributed by atoms with van der Waals surface area (Å²) in [7, 11) is 0. The molecule has 2 aliphatic heterocycles. The Bertz CT molecular complexity index is 824. The highest BCUT2D eigenvalue weighted by molar-refractivity contribution is 6.33. The number of nitrogens with zero attached hydrogens (tertiary/aromatic N) is 3. The van der Waals surface area contributed by atoms with Crippen molar-refractivity contribution >= 4 is 35.1 Å². The van der Waals surface area contributed by atoms with Crippen LogP contribution in [0.2, 0.25) is 5.02 Å². The molecule has 1 saturated carbocycles. The SMILES string of the molecule is C[C@H]1CCCC[C@@]12NC(=O)N(CC(=O)N1CCN(c3ccccc3Cl)CC1)C2=O. The largest absolute Gasteiger partial charge is 0.367 e. The number of hydrogen-bond acceptors (Lipinski definition) is 4. The number of halogens is 1. The molecule has 1 aromatic carbocycles. The van der Waals surface area contributed by atoms with Gasteiger partial charge in [0.15, 0.2) is 0 Å². The standard InChI is InChI=1S/C21H27ClN4O3/c1-15-6-4-5-9-21(15)19(28)26(20(29)23-21)14-18(27)25-12-10-24(11-13-25)17-8-3-2-7-16(17)22/h2-3,7-8,15H,4-6,9-14H2,1H3,(H,23,29)/t15-,21+/m0/s1. The number of amides is 4. The molecule has 0 bridgehead atoms. The molecule has 1 N–H and O–H groups in total. The lowest BCUT2D eigenvalue weighted by atomic mass is 9.73. The number of urea groups is 1. The van der Waals surface area contributed by atoms with Gasteiger partial charge in [-0.15, -0.1) is 0 Å². The molecule has 0 radical (unpaired) electrons. The zero-order valence-electron chi connectivity index (χ0n) is 16.7. The maximum atomic E-state index is 13.0. The second-order valence-electron chi connectivity index (χ2n) is 8.26. The second-order valence-corrected chi connectivity index (χ2v) is 8.67. The normalized spacial score (nSPS) is 27.5. The van der Waals surface area contributed by atoms with Gasteiger partial charge >= 0.3 is 6.03 Å². The summed E-state index contributed by atoms with van der Waals surface area (Å²) in [5, 5.41) is 3.60. The highest BCUT2D eigenvalue weighted by Crippen LogP contribution is 2.38. The smallest absolute Gasteiger partial charge is 0.325 e. The van der Waals surface area contributed by atoms with Gasteiger partial charge in [0.2, 0.25) is 5.91 Å². The first-order valence-electron chi connectivity index (χ1n) is 10.3. The molecule has 4 rings (SSSR count). The van der Waals surface area contributed by atoms with E-state index in [1.807, 2.05) is 31.2 Å². The van der Waals surface area contributed by atoms with E-state index < -0.39 is 11.6 Å². The van der Waals surface area contributed by atoms with Crippen molar-refractivity contribution in [3.05, 3.63) is 29.3 Å². The quantitative estimate of drug-likeness (QED) is 0.765. The fourth-order valence-corrected chi connectivity index (χ4v) is 5.03. The van der Waals surface area contributed by atoms with Gasteiger partial charge in [-0.2, -0.15) is 0 Å². The number of hydrogen-bond donors (Lipinski definition) is 1. The minimum absolute atomic E-state index is 0.0898. The lowest BCUT2D eigenvalue weighted by Crippen LogP contribution is -2.55. The summed E-state index contributed by atoms with van der Waals surface area (Å²) in [6, 6.07) is 7.22. The first-order valence-corrected chi connectivity index (χ1v) is 10.7. The molecule has 2 atom stereocenters. The van der Waals surface area contributed by atoms with Gasteiger partial charge in [0, 0.05) is 26.2 Å². The number of benzene rings is 1. The Morgan fingerprint density at radius 3 is 2.59 bits per heavy atom. The number of nitrogens with one attached hydrogen (secondary N) is 1. The molecule has 156 valence electrons. The van der Waals surface area contributed by atoms with Crippen LogP contribution in [0.3, 0.4) is 0 Å². The number of rotatable bonds is 3. The van der Waals surface area contributed by atoms with Crippen LogP contribution in [-0.4, -0.2) is 65.9 Å². The van der Waals surface area contributed by atoms with E-state index in [1.54, 1.807) is 4.90 Å². The van der Waals surface area contributed by atoms with Crippen molar-refractivity contribution in [2.45, 2.75) is 38.1 Å². The summed E-state index contributed by atoms with van der Waals surface area (Å²) in [4.78, 5) is 43.3. The molecule has 0 unspecified atom stereocenters. The van der Waals surface area contributed by atoms with Crippen LogP contribution < -0.4 is 10.2 Å². The van der Waals surface area contributed by atoms with Crippen LogP contribution in [0.5, 0.6) is 0 Å². The van der Waals surface area contributed by atoms with Crippen LogP contribution in [-0.2, 0) is 9.59 Å². The third kappa shape index (κ3) is 3.56. The molecule has 4 amide bonds. The Labute approximate surface area is 176 Å². The van der Waals surface area contributed by atoms with Gasteiger partial charge in [-0.25, -0.2) is 4.79 Å². The fraction of sp³-hybridized carbons (Fsp3) is 0.571. The number of carbonyl (C=O) groups excluding carboxylic acids is 3. The average molecular weight is 419 g/mol. The molecule has 3 aliphatic rings. The maximum Gasteiger partial charge on any atom is 0.325 e. The number of anilines is 1. The van der Waals surface area contributed by atoms with E-state index in [9.17, 15) is 14.4 Å². The van der Waals surface area contributed by atoms with Crippen molar-refractivity contribution in [2.75, 3.05) is 37.6 Å². The van der Waals surface area contributed by atoms with E-state index in [2.05, 4.69) is 10.2 Å². The topological polar surface area (TPSA) is 73.0 Å². The molecule has 7 nitrogen and oxygen atoms in total. The second kappa shape index (κ2) is 7.86. The molecule has 2 heterocycles. The zero-order valence-corrected chi connectivity index (χ0v) is 17.5. The van der Waals surface area contributed by atoms with Crippen LogP contribution in [0.15, 0.2) is 24.3 Å². The van der Waals surface area contributed by atoms with E-state index in [0.29, 0.717) is 37.6 Å². The van der Waals surface area contributed by atoms with Gasteiger partial charge in [-0.05, 0) is 30.9 Å². The van der Waals surface area contributed by atoms with Crippen LogP contribution in [0.25, 0.3) is 0 Å². The Balaban J connectivity index is 1.37. The molecule has 0 aromatic heterocycles. The maximum absolute atomic E-state index is 13.0. The Hall–Kier alpha value is -2.28. The summed E-state index contributed by atoms with van der Waals surface area (Å²) in [6.07, 6.45) is 3.56. The molecular weight excluding hydrogens is 392 g/mol. The molecule has 8 heteroatoms. The summed E-state index contributed by atoms with van der Waals surface area (Å²) in [6.45, 7) is 4.22. The lowest BCUT2D eigenvalue weighted by Gasteiger charge is -2.37. The van der Waals surface area contributed by atoms with E-state index in [0.717, 1.165) is 29.8 Å². The Morgan fingerprint density at radius 1 is 1.17 bits per heavy atom. The fourth-order valence-electron chi connectivity index (χ4n) is 4.78. The van der Waals surface area contributed by atoms with Crippen LogP contribution in [0.4, 0.5) is 10.5 Å². The van der Waals surface area contributed by atoms with Crippen molar-refractivity contribution in [2.24, 2.45) is 5.92 Å². The summed E-state index contributed by atoms with van der Waals surface area (Å²) in [5.41, 5.74) is 0.141. The highest BCUT2D eigenvalue weighted by atomic mass is 35.5. The summed E-state index contributed by atoms with van der Waals surface area (Å²) < 4.78 is 0. The van der Waals surface area contributed by atoms with Crippen molar-refractivity contribution < 1.29 is 14.4 Å². The first-order chi connectivity index (χ1) is 13.9. The Morgan fingerprint density at radius 2 is 1.90 bits per heavy atom. The Kier molecular flexibility index (Phi) is 5.42. The van der Waals surface area contributed by atoms with E-state index in [4.69, 9.17) is 11.6 Å². The van der Waals surface area contributed by atoms with Crippen LogP contribution in [0.1, 0.15) is 32.6 Å². The molecule has 1 spiro atoms. The van der Waals surface area contributed by atoms with Crippen LogP contribution >= 0.6 is 11.6 Å². The molecule has 2 saturated heterocycles. The highest BCUT2D eigenvalue weighted by Gasteiger charge is 2.55.